The molecular formula is C12H13N3O3S. The second-order valence-electron chi connectivity index (χ2n) is 3.98. The van der Waals surface area contributed by atoms with Gasteiger partial charge in [-0.3, -0.25) is 9.59 Å². The molecule has 0 saturated heterocycles. The number of carboxylic acids is 1. The Labute approximate surface area is 113 Å². The van der Waals surface area contributed by atoms with Crippen LogP contribution in [0.5, 0.6) is 0 Å². The first-order valence-electron chi connectivity index (χ1n) is 5.70. The van der Waals surface area contributed by atoms with Crippen LogP contribution in [0.1, 0.15) is 16.2 Å². The summed E-state index contributed by atoms with van der Waals surface area (Å²) in [5.74, 6) is -1.38. The van der Waals surface area contributed by atoms with Gasteiger partial charge in [0.2, 0.25) is 0 Å². The number of hydrogen-bond donors (Lipinski definition) is 3. The molecule has 1 aromatic heterocycles. The third-order valence-electron chi connectivity index (χ3n) is 2.55. The van der Waals surface area contributed by atoms with E-state index in [-0.39, 0.29) is 18.9 Å². The number of nitrogens with one attached hydrogen (secondary N) is 1. The Balaban J connectivity index is 1.94. The summed E-state index contributed by atoms with van der Waals surface area (Å²) in [6.45, 7) is 0.211. The topological polar surface area (TPSA) is 105 Å². The van der Waals surface area contributed by atoms with Gasteiger partial charge in [-0.05, 0) is 18.6 Å². The molecule has 100 valence electrons. The summed E-state index contributed by atoms with van der Waals surface area (Å²) in [5.41, 5.74) is 6.12. The van der Waals surface area contributed by atoms with E-state index >= 15 is 0 Å². The predicted molar refractivity (Wildman–Crippen MR) is 72.2 cm³/mol. The highest BCUT2D eigenvalue weighted by atomic mass is 32.1. The minimum absolute atomic E-state index is 0.186. The number of fused-ring (bicyclic) bond motifs is 1. The van der Waals surface area contributed by atoms with Gasteiger partial charge in [-0.25, -0.2) is 4.98 Å². The summed E-state index contributed by atoms with van der Waals surface area (Å²) in [6, 6.07) is 6.51. The Morgan fingerprint density at radius 3 is 2.84 bits per heavy atom. The first-order chi connectivity index (χ1) is 9.08. The number of carboxylic acid groups (broad SMARTS) is 1. The molecule has 0 radical (unpaired) electrons. The number of nitrogens with two attached hydrogens (primary N) is 1. The highest BCUT2D eigenvalue weighted by Gasteiger charge is 2.14. The number of thiazole rings is 1. The van der Waals surface area contributed by atoms with Crippen LogP contribution < -0.4 is 11.1 Å². The Hall–Kier alpha value is -1.99. The van der Waals surface area contributed by atoms with E-state index in [1.54, 1.807) is 0 Å². The van der Waals surface area contributed by atoms with Crippen molar-refractivity contribution < 1.29 is 14.7 Å². The molecule has 6 nitrogen and oxygen atoms in total. The summed E-state index contributed by atoms with van der Waals surface area (Å²) in [6.07, 6.45) is 0.186. The highest BCUT2D eigenvalue weighted by Crippen LogP contribution is 2.21. The molecule has 0 spiro atoms. The average Bonchev–Trinajstić information content (AvgIpc) is 2.82. The van der Waals surface area contributed by atoms with Crippen molar-refractivity contribution in [3.8, 4) is 0 Å². The SMILES string of the molecule is N[C@@H](CCNC(=O)c1nc2ccccc2s1)C(=O)O. The molecule has 1 aromatic carbocycles. The Kier molecular flexibility index (Phi) is 4.08. The fourth-order valence-corrected chi connectivity index (χ4v) is 2.39. The van der Waals surface area contributed by atoms with E-state index in [1.165, 1.54) is 11.3 Å². The molecule has 0 fully saturated rings. The molecule has 0 bridgehead atoms. The Morgan fingerprint density at radius 2 is 2.16 bits per heavy atom. The van der Waals surface area contributed by atoms with Crippen LogP contribution in [-0.4, -0.2) is 34.6 Å². The van der Waals surface area contributed by atoms with Crippen molar-refractivity contribution >= 4 is 33.4 Å². The number of amides is 1. The third-order valence-corrected chi connectivity index (χ3v) is 3.58. The Bertz CT molecular complexity index is 578. The van der Waals surface area contributed by atoms with Crippen LogP contribution in [0, 0.1) is 0 Å². The second kappa shape index (κ2) is 5.77. The summed E-state index contributed by atoms with van der Waals surface area (Å²) in [5, 5.41) is 11.6. The number of aliphatic carboxylic acids is 1. The zero-order chi connectivity index (χ0) is 13.8. The third kappa shape index (κ3) is 3.27. The summed E-state index contributed by atoms with van der Waals surface area (Å²) in [7, 11) is 0. The molecule has 19 heavy (non-hydrogen) atoms. The molecule has 0 aliphatic heterocycles. The van der Waals surface area contributed by atoms with Crippen molar-refractivity contribution in [2.75, 3.05) is 6.54 Å². The first kappa shape index (κ1) is 13.4. The van der Waals surface area contributed by atoms with Crippen molar-refractivity contribution in [2.45, 2.75) is 12.5 Å². The van der Waals surface area contributed by atoms with E-state index in [9.17, 15) is 9.59 Å². The van der Waals surface area contributed by atoms with Gasteiger partial charge in [-0.1, -0.05) is 12.1 Å². The smallest absolute Gasteiger partial charge is 0.320 e. The van der Waals surface area contributed by atoms with Gasteiger partial charge in [0.1, 0.15) is 6.04 Å². The first-order valence-corrected chi connectivity index (χ1v) is 6.51. The lowest BCUT2D eigenvalue weighted by molar-refractivity contribution is -0.138. The molecule has 0 aliphatic rings. The number of para-hydroxylation sites is 1. The van der Waals surface area contributed by atoms with Gasteiger partial charge in [0.05, 0.1) is 10.2 Å². The largest absolute Gasteiger partial charge is 0.480 e. The normalized spacial score (nSPS) is 12.3. The van der Waals surface area contributed by atoms with Gasteiger partial charge in [0, 0.05) is 6.54 Å². The lowest BCUT2D eigenvalue weighted by Crippen LogP contribution is -2.35. The van der Waals surface area contributed by atoms with Crippen molar-refractivity contribution in [2.24, 2.45) is 5.73 Å². The van der Waals surface area contributed by atoms with Crippen LogP contribution in [-0.2, 0) is 4.79 Å². The average molecular weight is 279 g/mol. The molecule has 7 heteroatoms. The number of aromatic nitrogens is 1. The molecule has 1 amide bonds. The number of carbonyl (C=O) groups is 2. The molecule has 2 aromatic rings. The van der Waals surface area contributed by atoms with Crippen LogP contribution in [0.2, 0.25) is 0 Å². The maximum atomic E-state index is 11.8. The van der Waals surface area contributed by atoms with E-state index in [1.807, 2.05) is 24.3 Å². The molecular weight excluding hydrogens is 266 g/mol. The highest BCUT2D eigenvalue weighted by molar-refractivity contribution is 7.20. The van der Waals surface area contributed by atoms with Crippen molar-refractivity contribution in [1.29, 1.82) is 0 Å². The lowest BCUT2D eigenvalue weighted by Gasteiger charge is -2.06. The minimum Gasteiger partial charge on any atom is -0.480 e. The molecule has 0 aliphatic carbocycles. The molecule has 4 N–H and O–H groups in total. The quantitative estimate of drug-likeness (QED) is 0.751. The van der Waals surface area contributed by atoms with Crippen LogP contribution in [0.3, 0.4) is 0 Å². The maximum Gasteiger partial charge on any atom is 0.320 e. The zero-order valence-corrected chi connectivity index (χ0v) is 10.8. The maximum absolute atomic E-state index is 11.8. The van der Waals surface area contributed by atoms with Crippen LogP contribution in [0.4, 0.5) is 0 Å². The number of hydrogen-bond acceptors (Lipinski definition) is 5. The van der Waals surface area contributed by atoms with Crippen LogP contribution >= 0.6 is 11.3 Å². The van der Waals surface area contributed by atoms with E-state index in [0.717, 1.165) is 10.2 Å². The van der Waals surface area contributed by atoms with Crippen molar-refractivity contribution in [3.05, 3.63) is 29.3 Å². The van der Waals surface area contributed by atoms with E-state index in [0.29, 0.717) is 5.01 Å². The van der Waals surface area contributed by atoms with Gasteiger partial charge < -0.3 is 16.2 Å². The fraction of sp³-hybridized carbons (Fsp3) is 0.250. The number of nitrogens with zero attached hydrogens (tertiary/aromatic N) is 1. The van der Waals surface area contributed by atoms with Gasteiger partial charge in [0.15, 0.2) is 5.01 Å². The molecule has 2 rings (SSSR count). The van der Waals surface area contributed by atoms with Crippen molar-refractivity contribution in [3.63, 3.8) is 0 Å². The van der Waals surface area contributed by atoms with Gasteiger partial charge >= 0.3 is 5.97 Å². The van der Waals surface area contributed by atoms with Crippen LogP contribution in [0.25, 0.3) is 10.2 Å². The van der Waals surface area contributed by atoms with Crippen LogP contribution in [0.15, 0.2) is 24.3 Å². The number of benzene rings is 1. The molecule has 0 saturated carbocycles. The van der Waals surface area contributed by atoms with Gasteiger partial charge in [-0.15, -0.1) is 11.3 Å². The van der Waals surface area contributed by atoms with Crippen molar-refractivity contribution in [1.82, 2.24) is 10.3 Å². The van der Waals surface area contributed by atoms with E-state index < -0.39 is 12.0 Å². The minimum atomic E-state index is -1.07. The standard InChI is InChI=1S/C12H13N3O3S/c13-7(12(17)18)5-6-14-10(16)11-15-8-3-1-2-4-9(8)19-11/h1-4,7H,5-6,13H2,(H,14,16)(H,17,18)/t7-/m0/s1. The second-order valence-corrected chi connectivity index (χ2v) is 5.01. The fourth-order valence-electron chi connectivity index (χ4n) is 1.51. The van der Waals surface area contributed by atoms with E-state index in [4.69, 9.17) is 10.8 Å². The molecule has 1 atom stereocenters. The van der Waals surface area contributed by atoms with Gasteiger partial charge in [-0.2, -0.15) is 0 Å². The van der Waals surface area contributed by atoms with Gasteiger partial charge in [0.25, 0.3) is 5.91 Å². The van der Waals surface area contributed by atoms with E-state index in [2.05, 4.69) is 10.3 Å². The monoisotopic (exact) mass is 279 g/mol. The Morgan fingerprint density at radius 1 is 1.42 bits per heavy atom. The predicted octanol–water partition coefficient (Wildman–Crippen LogP) is 0.828. The summed E-state index contributed by atoms with van der Waals surface area (Å²) in [4.78, 5) is 26.5. The number of rotatable bonds is 5. The zero-order valence-electron chi connectivity index (χ0n) is 10.00. The molecule has 0 unspecified atom stereocenters. The number of carbonyl (C=O) groups excluding carboxylic acids is 1. The molecule has 1 heterocycles. The summed E-state index contributed by atoms with van der Waals surface area (Å²) >= 11 is 1.30. The summed E-state index contributed by atoms with van der Waals surface area (Å²) < 4.78 is 0.940. The lowest BCUT2D eigenvalue weighted by atomic mass is 10.2.